The van der Waals surface area contributed by atoms with Gasteiger partial charge in [-0.25, -0.2) is 9.36 Å². The summed E-state index contributed by atoms with van der Waals surface area (Å²) in [6.07, 6.45) is -1.73. The Balaban J connectivity index is 1.81. The van der Waals surface area contributed by atoms with E-state index in [4.69, 9.17) is 36.3 Å². The van der Waals surface area contributed by atoms with Gasteiger partial charge in [-0.05, 0) is 31.8 Å². The number of nitrogens with zero attached hydrogens (tertiary/aromatic N) is 3. The van der Waals surface area contributed by atoms with Gasteiger partial charge in [-0.3, -0.25) is 23.9 Å². The van der Waals surface area contributed by atoms with Crippen molar-refractivity contribution in [3.63, 3.8) is 0 Å². The van der Waals surface area contributed by atoms with Gasteiger partial charge in [-0.15, -0.1) is 0 Å². The molecule has 1 aromatic carbocycles. The Labute approximate surface area is 216 Å². The summed E-state index contributed by atoms with van der Waals surface area (Å²) in [5.74, 6) is -2.63. The van der Waals surface area contributed by atoms with E-state index in [-0.39, 0.29) is 26.2 Å². The summed E-state index contributed by atoms with van der Waals surface area (Å²) in [5.41, 5.74) is 3.73. The average molecular weight is 543 g/mol. The molecule has 1 aliphatic rings. The van der Waals surface area contributed by atoms with Crippen molar-refractivity contribution in [2.45, 2.75) is 38.2 Å². The molecule has 12 nitrogen and oxygen atoms in total. The maximum Gasteiger partial charge on any atom is 0.336 e. The molecule has 2 heterocycles. The third kappa shape index (κ3) is 7.69. The maximum absolute atomic E-state index is 14.4. The molecule has 0 bridgehead atoms. The van der Waals surface area contributed by atoms with Gasteiger partial charge in [-0.2, -0.15) is 4.39 Å². The minimum absolute atomic E-state index is 0.0452. The predicted octanol–water partition coefficient (Wildman–Crippen LogP) is 0.240. The number of esters is 2. The van der Waals surface area contributed by atoms with Gasteiger partial charge < -0.3 is 24.7 Å². The van der Waals surface area contributed by atoms with Crippen LogP contribution >= 0.6 is 11.6 Å². The zero-order valence-electron chi connectivity index (χ0n) is 20.3. The van der Waals surface area contributed by atoms with Crippen molar-refractivity contribution in [2.75, 3.05) is 33.8 Å². The lowest BCUT2D eigenvalue weighted by atomic mass is 10.1. The first kappa shape index (κ1) is 28.5. The number of nitrogens with two attached hydrogens (primary N) is 1. The van der Waals surface area contributed by atoms with Crippen LogP contribution in [-0.4, -0.2) is 72.0 Å². The van der Waals surface area contributed by atoms with Crippen LogP contribution in [0.3, 0.4) is 0 Å². The van der Waals surface area contributed by atoms with Crippen LogP contribution in [0.4, 0.5) is 4.39 Å². The molecule has 1 aliphatic heterocycles. The highest BCUT2D eigenvalue weighted by Crippen LogP contribution is 2.31. The van der Waals surface area contributed by atoms with E-state index in [1.807, 2.05) is 0 Å². The number of hydrogen-bond donors (Lipinski definition) is 1. The van der Waals surface area contributed by atoms with Gasteiger partial charge in [0.05, 0.1) is 32.0 Å². The molecule has 3 atom stereocenters. The van der Waals surface area contributed by atoms with Gasteiger partial charge >= 0.3 is 17.6 Å². The molecule has 3 rings (SSSR count). The lowest BCUT2D eigenvalue weighted by Crippen LogP contribution is -2.43. The molecule has 0 spiro atoms. The van der Waals surface area contributed by atoms with Gasteiger partial charge in [0.25, 0.3) is 5.56 Å². The largest absolute Gasteiger partial charge is 0.462 e. The monoisotopic (exact) mass is 542 g/mol. The molecule has 2 aromatic rings. The SMILES string of the molecule is CN(C)CC(=O)OC[C@H]1O[C@@H](n2cc(F)c(=O)n(COC(=O)CN)c2=O)C[C@@H]1OCc1ccc(Cl)cc1. The molecule has 0 amide bonds. The molecule has 202 valence electrons. The predicted molar refractivity (Wildman–Crippen MR) is 128 cm³/mol. The first-order valence-corrected chi connectivity index (χ1v) is 11.7. The van der Waals surface area contributed by atoms with Crippen LogP contribution in [0.15, 0.2) is 40.1 Å². The summed E-state index contributed by atoms with van der Waals surface area (Å²) in [5, 5.41) is 0.562. The van der Waals surface area contributed by atoms with Crippen molar-refractivity contribution < 1.29 is 32.9 Å². The van der Waals surface area contributed by atoms with Gasteiger partial charge in [0.15, 0.2) is 6.73 Å². The second-order valence-electron chi connectivity index (χ2n) is 8.51. The number of ether oxygens (including phenoxy) is 4. The second kappa shape index (κ2) is 12.9. The number of benzene rings is 1. The molecule has 0 saturated carbocycles. The Morgan fingerprint density at radius 3 is 2.54 bits per heavy atom. The van der Waals surface area contributed by atoms with Crippen LogP contribution < -0.4 is 17.0 Å². The van der Waals surface area contributed by atoms with Gasteiger partial charge in [0.2, 0.25) is 5.82 Å². The van der Waals surface area contributed by atoms with E-state index in [2.05, 4.69) is 0 Å². The van der Waals surface area contributed by atoms with E-state index in [0.29, 0.717) is 15.8 Å². The Hall–Kier alpha value is -3.10. The van der Waals surface area contributed by atoms with Crippen LogP contribution in [0.1, 0.15) is 18.2 Å². The van der Waals surface area contributed by atoms with E-state index in [1.165, 1.54) is 0 Å². The molecular weight excluding hydrogens is 515 g/mol. The number of aromatic nitrogens is 2. The molecule has 2 N–H and O–H groups in total. The molecule has 37 heavy (non-hydrogen) atoms. The number of carbonyl (C=O) groups is 2. The van der Waals surface area contributed by atoms with Crippen molar-refractivity contribution in [3.8, 4) is 0 Å². The molecular formula is C23H28ClFN4O8. The fourth-order valence-electron chi connectivity index (χ4n) is 3.56. The molecule has 0 radical (unpaired) electrons. The van der Waals surface area contributed by atoms with Crippen molar-refractivity contribution in [2.24, 2.45) is 5.73 Å². The van der Waals surface area contributed by atoms with Crippen LogP contribution in [0.25, 0.3) is 0 Å². The van der Waals surface area contributed by atoms with Crippen molar-refractivity contribution in [1.82, 2.24) is 14.0 Å². The highest BCUT2D eigenvalue weighted by Gasteiger charge is 2.39. The zero-order chi connectivity index (χ0) is 27.1. The van der Waals surface area contributed by atoms with Gasteiger partial charge in [0, 0.05) is 11.4 Å². The Bertz CT molecular complexity index is 1220. The van der Waals surface area contributed by atoms with E-state index in [0.717, 1.165) is 10.1 Å². The molecule has 1 aromatic heterocycles. The summed E-state index contributed by atoms with van der Waals surface area (Å²) in [6.45, 7) is -1.27. The Kier molecular flexibility index (Phi) is 9.94. The lowest BCUT2D eigenvalue weighted by molar-refractivity contribution is -0.152. The number of likely N-dealkylation sites (N-methyl/N-ethyl adjacent to an activating group) is 1. The quantitative estimate of drug-likeness (QED) is 0.392. The summed E-state index contributed by atoms with van der Waals surface area (Å²) in [7, 11) is 3.42. The number of rotatable bonds is 11. The fraction of sp³-hybridized carbons (Fsp3) is 0.478. The molecule has 0 aliphatic carbocycles. The summed E-state index contributed by atoms with van der Waals surface area (Å²) < 4.78 is 37.6. The van der Waals surface area contributed by atoms with Crippen molar-refractivity contribution >= 4 is 23.5 Å². The first-order chi connectivity index (χ1) is 17.6. The zero-order valence-corrected chi connectivity index (χ0v) is 21.1. The van der Waals surface area contributed by atoms with Crippen molar-refractivity contribution in [3.05, 3.63) is 67.7 Å². The first-order valence-electron chi connectivity index (χ1n) is 11.3. The maximum atomic E-state index is 14.4. The number of carbonyl (C=O) groups excluding carboxylic acids is 2. The van der Waals surface area contributed by atoms with E-state index >= 15 is 0 Å². The molecule has 0 unspecified atom stereocenters. The fourth-order valence-corrected chi connectivity index (χ4v) is 3.69. The van der Waals surface area contributed by atoms with Crippen LogP contribution in [0.2, 0.25) is 5.02 Å². The molecule has 1 fully saturated rings. The smallest absolute Gasteiger partial charge is 0.336 e. The second-order valence-corrected chi connectivity index (χ2v) is 8.95. The van der Waals surface area contributed by atoms with Crippen LogP contribution in [0.5, 0.6) is 0 Å². The molecule has 1 saturated heterocycles. The molecule has 14 heteroatoms. The lowest BCUT2D eigenvalue weighted by Gasteiger charge is -2.20. The minimum Gasteiger partial charge on any atom is -0.462 e. The third-order valence-corrected chi connectivity index (χ3v) is 5.65. The van der Waals surface area contributed by atoms with E-state index in [1.54, 1.807) is 43.3 Å². The highest BCUT2D eigenvalue weighted by atomic mass is 35.5. The average Bonchev–Trinajstić information content (AvgIpc) is 3.26. The van der Waals surface area contributed by atoms with Crippen molar-refractivity contribution in [1.29, 1.82) is 0 Å². The Morgan fingerprint density at radius 2 is 1.89 bits per heavy atom. The van der Waals surface area contributed by atoms with Crippen LogP contribution in [0, 0.1) is 5.82 Å². The summed E-state index contributed by atoms with van der Waals surface area (Å²) >= 11 is 5.92. The van der Waals surface area contributed by atoms with Crippen LogP contribution in [-0.2, 0) is 41.9 Å². The van der Waals surface area contributed by atoms with E-state index in [9.17, 15) is 23.6 Å². The minimum atomic E-state index is -1.27. The van der Waals surface area contributed by atoms with Gasteiger partial charge in [0.1, 0.15) is 18.9 Å². The Morgan fingerprint density at radius 1 is 1.19 bits per heavy atom. The summed E-state index contributed by atoms with van der Waals surface area (Å²) in [6, 6.07) is 6.97. The van der Waals surface area contributed by atoms with Gasteiger partial charge in [-0.1, -0.05) is 23.7 Å². The van der Waals surface area contributed by atoms with E-state index < -0.39 is 60.7 Å². The summed E-state index contributed by atoms with van der Waals surface area (Å²) in [4.78, 5) is 50.2. The standard InChI is InChI=1S/C23H28ClFN4O8/c1-27(2)10-21(31)35-12-18-17(34-11-14-3-5-15(24)6-4-14)7-19(37-18)28-9-16(25)22(32)29(23(28)33)13-36-20(30)8-26/h3-6,9,17-19H,7-8,10-13,26H2,1-2H3/t17-,18+,19+/m0/s1. The number of hydrogen-bond acceptors (Lipinski definition) is 10. The number of halogens is 2. The third-order valence-electron chi connectivity index (χ3n) is 5.40. The topological polar surface area (TPSA) is 144 Å². The normalized spacial score (nSPS) is 19.2. The highest BCUT2D eigenvalue weighted by molar-refractivity contribution is 6.30.